The molecule has 0 amide bonds. The number of aromatic nitrogens is 5. The standard InChI is InChI=1S/C8H9N5O2/c1-2-5(14)3-6-11-8(13-15-6)7-9-4-10-12-7/h4H,2-3H2,1H3,(H,9,10,12). The number of hydrogen-bond acceptors (Lipinski definition) is 6. The molecule has 0 atom stereocenters. The third-order valence-corrected chi connectivity index (χ3v) is 1.84. The first-order valence-electron chi connectivity index (χ1n) is 4.49. The summed E-state index contributed by atoms with van der Waals surface area (Å²) in [7, 11) is 0. The molecule has 1 N–H and O–H groups in total. The van der Waals surface area contributed by atoms with Gasteiger partial charge in [0.15, 0.2) is 5.82 Å². The van der Waals surface area contributed by atoms with Crippen molar-refractivity contribution in [3.63, 3.8) is 0 Å². The van der Waals surface area contributed by atoms with Gasteiger partial charge in [0.05, 0.1) is 6.42 Å². The van der Waals surface area contributed by atoms with E-state index in [4.69, 9.17) is 4.52 Å². The van der Waals surface area contributed by atoms with Crippen LogP contribution in [-0.4, -0.2) is 31.1 Å². The molecule has 0 fully saturated rings. The fourth-order valence-corrected chi connectivity index (χ4v) is 1.03. The number of carbonyl (C=O) groups excluding carboxylic acids is 1. The summed E-state index contributed by atoms with van der Waals surface area (Å²) >= 11 is 0. The Balaban J connectivity index is 2.14. The lowest BCUT2D eigenvalue weighted by molar-refractivity contribution is -0.118. The first-order valence-corrected chi connectivity index (χ1v) is 4.49. The molecular formula is C8H9N5O2. The van der Waals surface area contributed by atoms with E-state index in [1.807, 2.05) is 0 Å². The van der Waals surface area contributed by atoms with Crippen LogP contribution < -0.4 is 0 Å². The minimum atomic E-state index is 0.0581. The van der Waals surface area contributed by atoms with E-state index in [9.17, 15) is 4.79 Å². The van der Waals surface area contributed by atoms with E-state index >= 15 is 0 Å². The van der Waals surface area contributed by atoms with Gasteiger partial charge in [-0.3, -0.25) is 9.89 Å². The highest BCUT2D eigenvalue weighted by molar-refractivity contribution is 5.79. The second-order valence-electron chi connectivity index (χ2n) is 2.91. The largest absolute Gasteiger partial charge is 0.338 e. The first kappa shape index (κ1) is 9.50. The lowest BCUT2D eigenvalue weighted by atomic mass is 10.2. The maximum absolute atomic E-state index is 11.1. The molecule has 15 heavy (non-hydrogen) atoms. The van der Waals surface area contributed by atoms with Crippen molar-refractivity contribution in [2.75, 3.05) is 0 Å². The number of nitrogens with zero attached hydrogens (tertiary/aromatic N) is 4. The highest BCUT2D eigenvalue weighted by Gasteiger charge is 2.12. The van der Waals surface area contributed by atoms with Crippen molar-refractivity contribution in [3.05, 3.63) is 12.2 Å². The lowest BCUT2D eigenvalue weighted by Crippen LogP contribution is -2.00. The number of hydrogen-bond donors (Lipinski definition) is 1. The summed E-state index contributed by atoms with van der Waals surface area (Å²) < 4.78 is 4.89. The number of Topliss-reactive ketones (excluding diaryl/α,β-unsaturated/α-hetero) is 1. The van der Waals surface area contributed by atoms with E-state index in [0.717, 1.165) is 0 Å². The van der Waals surface area contributed by atoms with Gasteiger partial charge in [-0.25, -0.2) is 4.98 Å². The van der Waals surface area contributed by atoms with Gasteiger partial charge in [-0.15, -0.1) is 0 Å². The summed E-state index contributed by atoms with van der Waals surface area (Å²) in [5.41, 5.74) is 0. The molecule has 0 aliphatic carbocycles. The van der Waals surface area contributed by atoms with Gasteiger partial charge in [0.2, 0.25) is 11.7 Å². The summed E-state index contributed by atoms with van der Waals surface area (Å²) in [6.45, 7) is 1.79. The van der Waals surface area contributed by atoms with Crippen LogP contribution in [0.3, 0.4) is 0 Å². The third kappa shape index (κ3) is 2.06. The molecule has 0 saturated carbocycles. The van der Waals surface area contributed by atoms with Crippen molar-refractivity contribution in [1.29, 1.82) is 0 Å². The highest BCUT2D eigenvalue weighted by atomic mass is 16.5. The van der Waals surface area contributed by atoms with E-state index in [2.05, 4.69) is 25.3 Å². The molecule has 0 bridgehead atoms. The highest BCUT2D eigenvalue weighted by Crippen LogP contribution is 2.09. The Morgan fingerprint density at radius 2 is 2.47 bits per heavy atom. The zero-order valence-corrected chi connectivity index (χ0v) is 8.10. The van der Waals surface area contributed by atoms with Crippen LogP contribution in [0.5, 0.6) is 0 Å². The van der Waals surface area contributed by atoms with Crippen LogP contribution in [0.25, 0.3) is 11.6 Å². The van der Waals surface area contributed by atoms with Gasteiger partial charge in [-0.2, -0.15) is 10.1 Å². The molecule has 78 valence electrons. The number of carbonyl (C=O) groups is 1. The van der Waals surface area contributed by atoms with Crippen LogP contribution in [-0.2, 0) is 11.2 Å². The molecule has 0 aromatic carbocycles. The summed E-state index contributed by atoms with van der Waals surface area (Å²) in [4.78, 5) is 19.0. The lowest BCUT2D eigenvalue weighted by Gasteiger charge is -1.88. The van der Waals surface area contributed by atoms with E-state index in [0.29, 0.717) is 24.0 Å². The second-order valence-corrected chi connectivity index (χ2v) is 2.91. The molecule has 0 radical (unpaired) electrons. The minimum Gasteiger partial charge on any atom is -0.338 e. The molecule has 2 rings (SSSR count). The smallest absolute Gasteiger partial charge is 0.239 e. The van der Waals surface area contributed by atoms with Crippen LogP contribution >= 0.6 is 0 Å². The van der Waals surface area contributed by atoms with Crippen LogP contribution in [0.4, 0.5) is 0 Å². The maximum Gasteiger partial charge on any atom is 0.239 e. The van der Waals surface area contributed by atoms with E-state index < -0.39 is 0 Å². The minimum absolute atomic E-state index is 0.0581. The van der Waals surface area contributed by atoms with Crippen molar-refractivity contribution in [2.45, 2.75) is 19.8 Å². The average Bonchev–Trinajstić information content (AvgIpc) is 2.85. The fraction of sp³-hybridized carbons (Fsp3) is 0.375. The number of nitrogens with one attached hydrogen (secondary N) is 1. The normalized spacial score (nSPS) is 10.5. The summed E-state index contributed by atoms with van der Waals surface area (Å²) in [6, 6.07) is 0. The molecule has 0 aliphatic rings. The van der Waals surface area contributed by atoms with Crippen LogP contribution in [0.1, 0.15) is 19.2 Å². The Kier molecular flexibility index (Phi) is 2.53. The summed E-state index contributed by atoms with van der Waals surface area (Å²) in [5, 5.41) is 9.94. The van der Waals surface area contributed by atoms with E-state index in [-0.39, 0.29) is 12.2 Å². The Morgan fingerprint density at radius 1 is 1.60 bits per heavy atom. The topological polar surface area (TPSA) is 97.6 Å². The van der Waals surface area contributed by atoms with Gasteiger partial charge < -0.3 is 4.52 Å². The van der Waals surface area contributed by atoms with Gasteiger partial charge in [-0.05, 0) is 0 Å². The Bertz CT molecular complexity index is 447. The Morgan fingerprint density at radius 3 is 3.13 bits per heavy atom. The zero-order valence-electron chi connectivity index (χ0n) is 8.10. The number of H-pyrrole nitrogens is 1. The Hall–Kier alpha value is -2.05. The molecule has 7 heteroatoms. The molecule has 0 saturated heterocycles. The average molecular weight is 207 g/mol. The third-order valence-electron chi connectivity index (χ3n) is 1.84. The molecule has 0 unspecified atom stereocenters. The first-order chi connectivity index (χ1) is 7.29. The van der Waals surface area contributed by atoms with Crippen molar-refractivity contribution in [2.24, 2.45) is 0 Å². The molecule has 0 aliphatic heterocycles. The predicted molar refractivity (Wildman–Crippen MR) is 48.7 cm³/mol. The van der Waals surface area contributed by atoms with Gasteiger partial charge in [0.1, 0.15) is 12.1 Å². The Labute approximate surface area is 84.9 Å². The molecule has 2 aromatic heterocycles. The van der Waals surface area contributed by atoms with Gasteiger partial charge in [0, 0.05) is 6.42 Å². The molecule has 7 nitrogen and oxygen atoms in total. The maximum atomic E-state index is 11.1. The number of rotatable bonds is 4. The fourth-order valence-electron chi connectivity index (χ4n) is 1.03. The monoisotopic (exact) mass is 207 g/mol. The molecule has 2 heterocycles. The van der Waals surface area contributed by atoms with Gasteiger partial charge >= 0.3 is 0 Å². The van der Waals surface area contributed by atoms with E-state index in [1.54, 1.807) is 6.92 Å². The quantitative estimate of drug-likeness (QED) is 0.778. The number of aromatic amines is 1. The zero-order chi connectivity index (χ0) is 10.7. The second kappa shape index (κ2) is 3.99. The van der Waals surface area contributed by atoms with E-state index in [1.165, 1.54) is 6.33 Å². The van der Waals surface area contributed by atoms with Gasteiger partial charge in [-0.1, -0.05) is 12.1 Å². The van der Waals surface area contributed by atoms with Crippen molar-refractivity contribution < 1.29 is 9.32 Å². The molecule has 0 spiro atoms. The van der Waals surface area contributed by atoms with Crippen LogP contribution in [0.2, 0.25) is 0 Å². The van der Waals surface area contributed by atoms with Crippen molar-refractivity contribution >= 4 is 5.78 Å². The van der Waals surface area contributed by atoms with Crippen molar-refractivity contribution in [1.82, 2.24) is 25.3 Å². The van der Waals surface area contributed by atoms with Crippen LogP contribution in [0.15, 0.2) is 10.9 Å². The molecule has 2 aromatic rings. The SMILES string of the molecule is CCC(=O)Cc1nc(-c2ncn[nH]2)no1. The van der Waals surface area contributed by atoms with Gasteiger partial charge in [0.25, 0.3) is 0 Å². The number of ketones is 1. The van der Waals surface area contributed by atoms with Crippen molar-refractivity contribution in [3.8, 4) is 11.6 Å². The summed E-state index contributed by atoms with van der Waals surface area (Å²) in [6.07, 6.45) is 1.97. The molecular weight excluding hydrogens is 198 g/mol. The predicted octanol–water partition coefficient (Wildman–Crippen LogP) is 0.376. The summed E-state index contributed by atoms with van der Waals surface area (Å²) in [5.74, 6) is 1.09. The van der Waals surface area contributed by atoms with Crippen LogP contribution in [0, 0.1) is 0 Å².